The average molecular weight is 114 g/mol. The second-order valence-electron chi connectivity index (χ2n) is 2.68. The van der Waals surface area contributed by atoms with Crippen molar-refractivity contribution in [3.05, 3.63) is 5.21 Å². The molecule has 8 heavy (non-hydrogen) atoms. The van der Waals surface area contributed by atoms with Crippen LogP contribution in [0.15, 0.2) is 0 Å². The van der Waals surface area contributed by atoms with E-state index in [0.29, 0.717) is 6.04 Å². The quantitative estimate of drug-likeness (QED) is 0.355. The third-order valence-electron chi connectivity index (χ3n) is 2.21. The fourth-order valence-electron chi connectivity index (χ4n) is 1.56. The Kier molecular flexibility index (Phi) is 0.730. The fraction of sp³-hybridized carbons (Fsp3) is 1.00. The van der Waals surface area contributed by atoms with Crippen LogP contribution in [0.2, 0.25) is 0 Å². The van der Waals surface area contributed by atoms with Gasteiger partial charge in [-0.15, -0.1) is 0 Å². The molecule has 3 heteroatoms. The Bertz CT molecular complexity index is 117. The lowest BCUT2D eigenvalue weighted by molar-refractivity contribution is -0.976. The normalized spacial score (nSPS) is 52.9. The van der Waals surface area contributed by atoms with Gasteiger partial charge < -0.3 is 5.21 Å². The summed E-state index contributed by atoms with van der Waals surface area (Å²) in [6.07, 6.45) is 2.25. The van der Waals surface area contributed by atoms with Crippen molar-refractivity contribution in [1.29, 1.82) is 0 Å². The first-order valence-electron chi connectivity index (χ1n) is 3.15. The van der Waals surface area contributed by atoms with E-state index in [1.54, 1.807) is 0 Å². The number of nitrogens with one attached hydrogen (secondary N) is 1. The summed E-state index contributed by atoms with van der Waals surface area (Å²) < 4.78 is -0.0833. The van der Waals surface area contributed by atoms with Crippen LogP contribution < -0.4 is 5.43 Å². The molecule has 2 saturated heterocycles. The molecule has 0 aromatic carbocycles. The van der Waals surface area contributed by atoms with Crippen LogP contribution in [0.3, 0.4) is 0 Å². The van der Waals surface area contributed by atoms with E-state index in [4.69, 9.17) is 0 Å². The highest BCUT2D eigenvalue weighted by Crippen LogP contribution is 2.28. The van der Waals surface area contributed by atoms with Crippen molar-refractivity contribution in [1.82, 2.24) is 5.43 Å². The monoisotopic (exact) mass is 114 g/mol. The number of fused-ring (bicyclic) bond motifs is 1. The molecule has 2 aliphatic rings. The van der Waals surface area contributed by atoms with E-state index in [2.05, 4.69) is 5.43 Å². The molecule has 0 spiro atoms. The van der Waals surface area contributed by atoms with E-state index in [0.717, 1.165) is 25.9 Å². The van der Waals surface area contributed by atoms with Gasteiger partial charge in [-0.2, -0.15) is 5.43 Å². The zero-order chi connectivity index (χ0) is 5.61. The van der Waals surface area contributed by atoms with Crippen LogP contribution in [0.25, 0.3) is 0 Å². The SMILES string of the molecule is [O-][N+]12CCCC1CN2. The lowest BCUT2D eigenvalue weighted by Gasteiger charge is -2.51. The Morgan fingerprint density at radius 2 is 2.50 bits per heavy atom. The van der Waals surface area contributed by atoms with Crippen molar-refractivity contribution in [2.45, 2.75) is 18.9 Å². The van der Waals surface area contributed by atoms with Crippen LogP contribution in [-0.4, -0.2) is 23.9 Å². The molecule has 0 aromatic heterocycles. The summed E-state index contributed by atoms with van der Waals surface area (Å²) in [5, 5.41) is 11.1. The molecule has 3 nitrogen and oxygen atoms in total. The summed E-state index contributed by atoms with van der Waals surface area (Å²) in [5.74, 6) is 0. The highest BCUT2D eigenvalue weighted by atomic mass is 16.6. The Morgan fingerprint density at radius 3 is 2.75 bits per heavy atom. The summed E-state index contributed by atoms with van der Waals surface area (Å²) in [7, 11) is 0. The maximum absolute atomic E-state index is 11.1. The highest BCUT2D eigenvalue weighted by molar-refractivity contribution is 4.75. The van der Waals surface area contributed by atoms with E-state index in [1.165, 1.54) is 0 Å². The minimum atomic E-state index is -0.0833. The molecule has 0 aliphatic carbocycles. The van der Waals surface area contributed by atoms with Gasteiger partial charge >= 0.3 is 0 Å². The average Bonchev–Trinajstić information content (AvgIpc) is 1.94. The summed E-state index contributed by atoms with van der Waals surface area (Å²) in [6.45, 7) is 1.74. The predicted molar refractivity (Wildman–Crippen MR) is 29.5 cm³/mol. The van der Waals surface area contributed by atoms with Crippen LogP contribution in [-0.2, 0) is 0 Å². The molecule has 0 amide bonds. The lowest BCUT2D eigenvalue weighted by atomic mass is 10.2. The van der Waals surface area contributed by atoms with Crippen LogP contribution in [0.4, 0.5) is 0 Å². The van der Waals surface area contributed by atoms with Crippen molar-refractivity contribution >= 4 is 0 Å². The molecule has 2 fully saturated rings. The van der Waals surface area contributed by atoms with E-state index in [1.807, 2.05) is 0 Å². The standard InChI is InChI=1S/C5H10N2O/c8-7-3-1-2-5(7)4-6-7/h5-6H,1-4H2. The topological polar surface area (TPSA) is 35.1 Å². The van der Waals surface area contributed by atoms with Crippen LogP contribution in [0, 0.1) is 5.21 Å². The molecule has 2 atom stereocenters. The van der Waals surface area contributed by atoms with Gasteiger partial charge in [0.2, 0.25) is 0 Å². The molecule has 0 radical (unpaired) electrons. The molecule has 1 N–H and O–H groups in total. The summed E-state index contributed by atoms with van der Waals surface area (Å²) in [5.41, 5.74) is 2.87. The van der Waals surface area contributed by atoms with E-state index in [9.17, 15) is 5.21 Å². The van der Waals surface area contributed by atoms with Gasteiger partial charge in [0, 0.05) is 12.8 Å². The van der Waals surface area contributed by atoms with Crippen molar-refractivity contribution in [3.8, 4) is 0 Å². The molecular formula is C5H10N2O. The first-order valence-corrected chi connectivity index (χ1v) is 3.15. The van der Waals surface area contributed by atoms with Crippen LogP contribution in [0.5, 0.6) is 0 Å². The maximum atomic E-state index is 11.1. The minimum Gasteiger partial charge on any atom is -0.611 e. The first kappa shape index (κ1) is 4.73. The van der Waals surface area contributed by atoms with Crippen molar-refractivity contribution in [3.63, 3.8) is 0 Å². The summed E-state index contributed by atoms with van der Waals surface area (Å²) >= 11 is 0. The predicted octanol–water partition coefficient (Wildman–Crippen LogP) is -0.0184. The summed E-state index contributed by atoms with van der Waals surface area (Å²) in [6, 6.07) is 0.412. The zero-order valence-corrected chi connectivity index (χ0v) is 4.76. The lowest BCUT2D eigenvalue weighted by Crippen LogP contribution is -2.70. The number of rotatable bonds is 0. The molecule has 2 aliphatic heterocycles. The zero-order valence-electron chi connectivity index (χ0n) is 4.76. The molecule has 2 heterocycles. The van der Waals surface area contributed by atoms with Crippen LogP contribution >= 0.6 is 0 Å². The third kappa shape index (κ3) is 0.393. The third-order valence-corrected chi connectivity index (χ3v) is 2.21. The Hall–Kier alpha value is -0.120. The van der Waals surface area contributed by atoms with E-state index >= 15 is 0 Å². The van der Waals surface area contributed by atoms with Gasteiger partial charge in [0.25, 0.3) is 0 Å². The largest absolute Gasteiger partial charge is 0.611 e. The molecule has 0 saturated carbocycles. The van der Waals surface area contributed by atoms with Gasteiger partial charge in [0.1, 0.15) is 6.04 Å². The Morgan fingerprint density at radius 1 is 1.62 bits per heavy atom. The second kappa shape index (κ2) is 1.23. The highest BCUT2D eigenvalue weighted by Gasteiger charge is 2.43. The number of quaternary nitrogens is 1. The van der Waals surface area contributed by atoms with Gasteiger partial charge in [-0.3, -0.25) is 4.76 Å². The van der Waals surface area contributed by atoms with Crippen molar-refractivity contribution in [2.75, 3.05) is 13.1 Å². The number of hydroxylamine groups is 2. The fourth-order valence-corrected chi connectivity index (χ4v) is 1.56. The number of hydrogen-bond donors (Lipinski definition) is 1. The molecule has 0 bridgehead atoms. The first-order chi connectivity index (χ1) is 3.81. The number of nitrogens with zero attached hydrogens (tertiary/aromatic N) is 1. The van der Waals surface area contributed by atoms with Gasteiger partial charge in [-0.1, -0.05) is 0 Å². The molecule has 46 valence electrons. The van der Waals surface area contributed by atoms with Crippen molar-refractivity contribution < 1.29 is 4.76 Å². The molecular weight excluding hydrogens is 104 g/mol. The maximum Gasteiger partial charge on any atom is 0.124 e. The van der Waals surface area contributed by atoms with Gasteiger partial charge in [-0.25, -0.2) is 0 Å². The Balaban J connectivity index is 2.14. The van der Waals surface area contributed by atoms with Gasteiger partial charge in [-0.05, 0) is 0 Å². The van der Waals surface area contributed by atoms with Crippen molar-refractivity contribution in [2.24, 2.45) is 0 Å². The molecule has 2 rings (SSSR count). The van der Waals surface area contributed by atoms with Gasteiger partial charge in [0.05, 0.1) is 13.1 Å². The van der Waals surface area contributed by atoms with E-state index in [-0.39, 0.29) is 4.76 Å². The smallest absolute Gasteiger partial charge is 0.124 e. The van der Waals surface area contributed by atoms with Gasteiger partial charge in [0.15, 0.2) is 0 Å². The Labute approximate surface area is 48.4 Å². The van der Waals surface area contributed by atoms with Crippen LogP contribution in [0.1, 0.15) is 12.8 Å². The molecule has 0 aromatic rings. The second-order valence-corrected chi connectivity index (χ2v) is 2.68. The summed E-state index contributed by atoms with van der Waals surface area (Å²) in [4.78, 5) is 0. The molecule has 2 unspecified atom stereocenters. The van der Waals surface area contributed by atoms with E-state index < -0.39 is 0 Å². The minimum absolute atomic E-state index is 0.0833. The number of hydrogen-bond acceptors (Lipinski definition) is 2.